The summed E-state index contributed by atoms with van der Waals surface area (Å²) in [5, 5.41) is 3.95. The van der Waals surface area contributed by atoms with Crippen LogP contribution < -0.4 is 5.73 Å². The molecule has 0 fully saturated rings. The Balaban J connectivity index is 1.50. The lowest BCUT2D eigenvalue weighted by Crippen LogP contribution is -2.29. The summed E-state index contributed by atoms with van der Waals surface area (Å²) in [6.45, 7) is 2.63. The van der Waals surface area contributed by atoms with Crippen LogP contribution in [0.2, 0.25) is 0 Å². The van der Waals surface area contributed by atoms with Gasteiger partial charge in [0.1, 0.15) is 11.5 Å². The van der Waals surface area contributed by atoms with Crippen molar-refractivity contribution in [2.75, 3.05) is 6.54 Å². The Morgan fingerprint density at radius 1 is 1.22 bits per heavy atom. The number of hydrogen-bond donors (Lipinski definition) is 1. The zero-order valence-electron chi connectivity index (χ0n) is 12.7. The molecule has 0 unspecified atom stereocenters. The molecule has 23 heavy (non-hydrogen) atoms. The van der Waals surface area contributed by atoms with Gasteiger partial charge in [0.15, 0.2) is 5.82 Å². The van der Waals surface area contributed by atoms with Gasteiger partial charge in [0, 0.05) is 12.1 Å². The van der Waals surface area contributed by atoms with Crippen molar-refractivity contribution < 1.29 is 8.94 Å². The van der Waals surface area contributed by atoms with Crippen LogP contribution >= 0.6 is 0 Å². The van der Waals surface area contributed by atoms with Gasteiger partial charge < -0.3 is 14.7 Å². The summed E-state index contributed by atoms with van der Waals surface area (Å²) in [4.78, 5) is 6.51. The average molecular weight is 310 g/mol. The lowest BCUT2D eigenvalue weighted by Gasteiger charge is -2.24. The minimum Gasteiger partial charge on any atom is -0.459 e. The second-order valence-corrected chi connectivity index (χ2v) is 5.69. The van der Waals surface area contributed by atoms with Crippen LogP contribution in [0, 0.1) is 0 Å². The van der Waals surface area contributed by atoms with E-state index in [2.05, 4.69) is 33.2 Å². The molecule has 0 spiro atoms. The Morgan fingerprint density at radius 2 is 2.09 bits per heavy atom. The number of fused-ring (bicyclic) bond motifs is 1. The molecule has 6 nitrogen and oxygen atoms in total. The molecular formula is C17H18N4O2. The highest BCUT2D eigenvalue weighted by molar-refractivity contribution is 5.58. The zero-order chi connectivity index (χ0) is 15.6. The summed E-state index contributed by atoms with van der Waals surface area (Å²) >= 11 is 0. The molecule has 2 aromatic heterocycles. The van der Waals surface area contributed by atoms with E-state index in [0.717, 1.165) is 36.6 Å². The molecule has 3 aromatic rings. The van der Waals surface area contributed by atoms with Crippen molar-refractivity contribution in [1.82, 2.24) is 15.0 Å². The van der Waals surface area contributed by atoms with E-state index in [0.29, 0.717) is 18.3 Å². The number of furan rings is 1. The molecule has 0 bridgehead atoms. The zero-order valence-corrected chi connectivity index (χ0v) is 12.7. The first-order valence-corrected chi connectivity index (χ1v) is 7.72. The number of benzene rings is 1. The molecule has 0 saturated carbocycles. The molecule has 3 heterocycles. The monoisotopic (exact) mass is 310 g/mol. The van der Waals surface area contributed by atoms with Gasteiger partial charge in [0.2, 0.25) is 5.89 Å². The fourth-order valence-corrected chi connectivity index (χ4v) is 2.89. The van der Waals surface area contributed by atoms with Crippen molar-refractivity contribution >= 4 is 0 Å². The smallest absolute Gasteiger partial charge is 0.240 e. The number of aromatic nitrogens is 2. The molecule has 0 saturated heterocycles. The van der Waals surface area contributed by atoms with Crippen molar-refractivity contribution in [3.05, 3.63) is 59.4 Å². The van der Waals surface area contributed by atoms with Gasteiger partial charge in [-0.15, -0.1) is 0 Å². The third-order valence-corrected chi connectivity index (χ3v) is 4.07. The Labute approximate surface area is 133 Å². The first-order chi connectivity index (χ1) is 11.3. The van der Waals surface area contributed by atoms with Gasteiger partial charge in [-0.1, -0.05) is 35.5 Å². The Morgan fingerprint density at radius 3 is 2.87 bits per heavy atom. The lowest BCUT2D eigenvalue weighted by molar-refractivity contribution is 0.214. The van der Waals surface area contributed by atoms with E-state index in [9.17, 15) is 0 Å². The maximum absolute atomic E-state index is 6.06. The summed E-state index contributed by atoms with van der Waals surface area (Å²) in [5.74, 6) is 3.10. The Hall–Kier alpha value is -2.44. The third-order valence-electron chi connectivity index (χ3n) is 4.07. The quantitative estimate of drug-likeness (QED) is 0.796. The molecule has 0 atom stereocenters. The van der Waals surface area contributed by atoms with E-state index in [1.165, 1.54) is 5.56 Å². The predicted molar refractivity (Wildman–Crippen MR) is 84.2 cm³/mol. The minimum absolute atomic E-state index is 0.274. The van der Waals surface area contributed by atoms with Gasteiger partial charge in [0.25, 0.3) is 0 Å². The molecule has 1 aromatic carbocycles. The van der Waals surface area contributed by atoms with E-state index < -0.39 is 0 Å². The molecule has 6 heteroatoms. The van der Waals surface area contributed by atoms with E-state index in [1.807, 2.05) is 18.2 Å². The van der Waals surface area contributed by atoms with Crippen molar-refractivity contribution in [2.24, 2.45) is 5.73 Å². The van der Waals surface area contributed by atoms with E-state index >= 15 is 0 Å². The summed E-state index contributed by atoms with van der Waals surface area (Å²) in [6.07, 6.45) is 0.966. The molecule has 118 valence electrons. The summed E-state index contributed by atoms with van der Waals surface area (Å²) in [5.41, 5.74) is 7.89. The Kier molecular flexibility index (Phi) is 3.69. The number of hydrogen-bond acceptors (Lipinski definition) is 6. The highest BCUT2D eigenvalue weighted by atomic mass is 16.5. The standard InChI is InChI=1S/C17H18N4O2/c18-9-17-19-16(20-23-17)11-21-7-6-13-8-14(22-15(13)10-21)12-4-2-1-3-5-12/h1-5,8H,6-7,9-11,18H2. The second kappa shape index (κ2) is 5.98. The van der Waals surface area contributed by atoms with E-state index in [4.69, 9.17) is 14.7 Å². The van der Waals surface area contributed by atoms with Crippen molar-refractivity contribution in [1.29, 1.82) is 0 Å². The highest BCUT2D eigenvalue weighted by Gasteiger charge is 2.22. The van der Waals surface area contributed by atoms with Crippen molar-refractivity contribution in [3.63, 3.8) is 0 Å². The fourth-order valence-electron chi connectivity index (χ4n) is 2.89. The van der Waals surface area contributed by atoms with Crippen LogP contribution in [0.3, 0.4) is 0 Å². The van der Waals surface area contributed by atoms with Crippen LogP contribution in [-0.2, 0) is 26.1 Å². The van der Waals surface area contributed by atoms with Gasteiger partial charge in [0.05, 0.1) is 19.6 Å². The molecule has 1 aliphatic heterocycles. The van der Waals surface area contributed by atoms with Crippen LogP contribution in [0.25, 0.3) is 11.3 Å². The Bertz CT molecular complexity index is 794. The van der Waals surface area contributed by atoms with Gasteiger partial charge in [-0.05, 0) is 18.1 Å². The second-order valence-electron chi connectivity index (χ2n) is 5.69. The van der Waals surface area contributed by atoms with Crippen molar-refractivity contribution in [2.45, 2.75) is 26.1 Å². The van der Waals surface area contributed by atoms with E-state index in [1.54, 1.807) is 0 Å². The van der Waals surface area contributed by atoms with Gasteiger partial charge in [-0.3, -0.25) is 4.90 Å². The first kappa shape index (κ1) is 14.2. The van der Waals surface area contributed by atoms with E-state index in [-0.39, 0.29) is 6.54 Å². The van der Waals surface area contributed by atoms with Crippen LogP contribution in [0.15, 0.2) is 45.3 Å². The molecule has 0 radical (unpaired) electrons. The van der Waals surface area contributed by atoms with Gasteiger partial charge >= 0.3 is 0 Å². The molecule has 1 aliphatic rings. The van der Waals surface area contributed by atoms with Gasteiger partial charge in [-0.25, -0.2) is 0 Å². The van der Waals surface area contributed by atoms with Crippen LogP contribution in [0.1, 0.15) is 23.0 Å². The van der Waals surface area contributed by atoms with Crippen LogP contribution in [0.5, 0.6) is 0 Å². The SMILES string of the molecule is NCc1nc(CN2CCc3cc(-c4ccccc4)oc3C2)no1. The largest absolute Gasteiger partial charge is 0.459 e. The average Bonchev–Trinajstić information content (AvgIpc) is 3.22. The highest BCUT2D eigenvalue weighted by Crippen LogP contribution is 2.29. The summed E-state index contributed by atoms with van der Waals surface area (Å²) < 4.78 is 11.1. The lowest BCUT2D eigenvalue weighted by atomic mass is 10.1. The number of rotatable bonds is 4. The topological polar surface area (TPSA) is 81.3 Å². The van der Waals surface area contributed by atoms with Crippen LogP contribution in [-0.4, -0.2) is 21.6 Å². The van der Waals surface area contributed by atoms with Crippen LogP contribution in [0.4, 0.5) is 0 Å². The molecule has 0 aliphatic carbocycles. The third kappa shape index (κ3) is 2.91. The summed E-state index contributed by atoms with van der Waals surface area (Å²) in [7, 11) is 0. The molecule has 0 amide bonds. The van der Waals surface area contributed by atoms with Crippen molar-refractivity contribution in [3.8, 4) is 11.3 Å². The van der Waals surface area contributed by atoms with Gasteiger partial charge in [-0.2, -0.15) is 4.98 Å². The number of nitrogens with zero attached hydrogens (tertiary/aromatic N) is 3. The maximum Gasteiger partial charge on any atom is 0.240 e. The fraction of sp³-hybridized carbons (Fsp3) is 0.294. The normalized spacial score (nSPS) is 14.8. The minimum atomic E-state index is 0.274. The first-order valence-electron chi connectivity index (χ1n) is 7.72. The number of nitrogens with two attached hydrogens (primary N) is 1. The molecular weight excluding hydrogens is 292 g/mol. The molecule has 4 rings (SSSR count). The maximum atomic E-state index is 6.06. The predicted octanol–water partition coefficient (Wildman–Crippen LogP) is 2.35. The molecule has 2 N–H and O–H groups in total. The summed E-state index contributed by atoms with van der Waals surface area (Å²) in [6, 6.07) is 12.3.